The predicted octanol–water partition coefficient (Wildman–Crippen LogP) is 3.26. The molecule has 3 aromatic carbocycles. The highest BCUT2D eigenvalue weighted by Crippen LogP contribution is 2.13. The number of hydrogen-bond donors (Lipinski definition) is 5. The highest BCUT2D eigenvalue weighted by Gasteiger charge is 2.31. The normalized spacial score (nSPS) is 13.1. The molecule has 240 valence electrons. The maximum Gasteiger partial charge on any atom is 0.408 e. The summed E-state index contributed by atoms with van der Waals surface area (Å²) in [5.74, 6) is -1.55. The number of benzene rings is 3. The Labute approximate surface area is 264 Å². The van der Waals surface area contributed by atoms with Crippen molar-refractivity contribution >= 4 is 23.9 Å². The van der Waals surface area contributed by atoms with Gasteiger partial charge in [0.25, 0.3) is 0 Å². The van der Waals surface area contributed by atoms with E-state index in [4.69, 9.17) is 10.5 Å². The minimum atomic E-state index is -1.36. The molecule has 11 heteroatoms. The number of carbonyl (C=O) groups is 4. The van der Waals surface area contributed by atoms with E-state index in [-0.39, 0.29) is 32.1 Å². The van der Waals surface area contributed by atoms with Crippen LogP contribution in [0.2, 0.25) is 0 Å². The molecule has 0 heterocycles. The minimum Gasteiger partial charge on any atom is -0.445 e. The van der Waals surface area contributed by atoms with E-state index in [9.17, 15) is 24.3 Å². The fourth-order valence-corrected chi connectivity index (χ4v) is 4.53. The summed E-state index contributed by atoms with van der Waals surface area (Å²) in [5.41, 5.74) is 7.28. The van der Waals surface area contributed by atoms with Gasteiger partial charge in [0.1, 0.15) is 12.6 Å². The number of aliphatic hydroxyl groups is 1. The molecule has 45 heavy (non-hydrogen) atoms. The van der Waals surface area contributed by atoms with Gasteiger partial charge in [0.2, 0.25) is 11.8 Å². The molecule has 3 aromatic rings. The first-order chi connectivity index (χ1) is 21.4. The van der Waals surface area contributed by atoms with Crippen LogP contribution in [-0.2, 0) is 33.9 Å². The Balaban J connectivity index is 1.79. The maximum absolute atomic E-state index is 13.5. The van der Waals surface area contributed by atoms with E-state index in [0.717, 1.165) is 16.7 Å². The van der Waals surface area contributed by atoms with Gasteiger partial charge in [-0.05, 0) is 43.9 Å². The molecule has 1 unspecified atom stereocenters. The second-order valence-electron chi connectivity index (χ2n) is 11.8. The van der Waals surface area contributed by atoms with Gasteiger partial charge in [-0.15, -0.1) is 0 Å². The number of primary amides is 1. The molecule has 11 nitrogen and oxygen atoms in total. The van der Waals surface area contributed by atoms with E-state index in [1.165, 1.54) is 4.90 Å². The SMILES string of the molecule is CC(C)(C)NC(=O)N(Cc1ccccc1)CC(O)[C@H](Cc1ccccc1)NC(=O)[C@H](CC(N)=O)NC(=O)OCc1ccccc1. The van der Waals surface area contributed by atoms with Gasteiger partial charge in [-0.3, -0.25) is 9.59 Å². The zero-order valence-electron chi connectivity index (χ0n) is 25.9. The summed E-state index contributed by atoms with van der Waals surface area (Å²) < 4.78 is 5.23. The monoisotopic (exact) mass is 617 g/mol. The van der Waals surface area contributed by atoms with Gasteiger partial charge in [-0.1, -0.05) is 91.0 Å². The number of rotatable bonds is 14. The molecule has 0 aliphatic rings. The number of nitrogens with zero attached hydrogens (tertiary/aromatic N) is 1. The van der Waals surface area contributed by atoms with Gasteiger partial charge in [0.05, 0.1) is 25.1 Å². The lowest BCUT2D eigenvalue weighted by Crippen LogP contribution is -2.57. The van der Waals surface area contributed by atoms with Crippen LogP contribution < -0.4 is 21.7 Å². The Hall–Kier alpha value is -4.90. The van der Waals surface area contributed by atoms with Crippen molar-refractivity contribution in [3.63, 3.8) is 0 Å². The molecule has 0 saturated heterocycles. The zero-order chi connectivity index (χ0) is 32.8. The summed E-state index contributed by atoms with van der Waals surface area (Å²) in [5, 5.41) is 19.7. The molecule has 6 N–H and O–H groups in total. The van der Waals surface area contributed by atoms with Crippen LogP contribution in [0.4, 0.5) is 9.59 Å². The summed E-state index contributed by atoms with van der Waals surface area (Å²) in [4.78, 5) is 52.7. The number of alkyl carbamates (subject to hydrolysis) is 1. The molecule has 0 aliphatic carbocycles. The van der Waals surface area contributed by atoms with Crippen molar-refractivity contribution < 1.29 is 29.0 Å². The first-order valence-electron chi connectivity index (χ1n) is 14.8. The maximum atomic E-state index is 13.5. The molecule has 5 amide bonds. The first-order valence-corrected chi connectivity index (χ1v) is 14.8. The highest BCUT2D eigenvalue weighted by atomic mass is 16.5. The Bertz CT molecular complexity index is 1380. The van der Waals surface area contributed by atoms with Crippen LogP contribution in [0.1, 0.15) is 43.9 Å². The average Bonchev–Trinajstić information content (AvgIpc) is 2.99. The summed E-state index contributed by atoms with van der Waals surface area (Å²) in [6, 6.07) is 24.9. The molecule has 3 rings (SSSR count). The van der Waals surface area contributed by atoms with Gasteiger partial charge in [-0.25, -0.2) is 9.59 Å². The molecule has 0 saturated carbocycles. The largest absolute Gasteiger partial charge is 0.445 e. The molecule has 0 radical (unpaired) electrons. The summed E-state index contributed by atoms with van der Waals surface area (Å²) in [6.45, 7) is 5.62. The standard InChI is InChI=1S/C34H43N5O6/c1-34(2,3)38-32(43)39(21-25-15-9-5-10-16-25)22-29(40)27(19-24-13-7-4-8-14-24)36-31(42)28(20-30(35)41)37-33(44)45-23-26-17-11-6-12-18-26/h4-18,27-29,40H,19-23H2,1-3H3,(H2,35,41)(H,36,42)(H,37,44)(H,38,43)/t27-,28-,29?/m0/s1. The minimum absolute atomic E-state index is 0.0409. The van der Waals surface area contributed by atoms with E-state index in [0.29, 0.717) is 0 Å². The van der Waals surface area contributed by atoms with Crippen molar-refractivity contribution in [1.29, 1.82) is 0 Å². The van der Waals surface area contributed by atoms with Gasteiger partial charge >= 0.3 is 12.1 Å². The van der Waals surface area contributed by atoms with E-state index in [1.807, 2.05) is 87.5 Å². The average molecular weight is 618 g/mol. The second kappa shape index (κ2) is 16.8. The molecule has 0 bridgehead atoms. The summed E-state index contributed by atoms with van der Waals surface area (Å²) in [7, 11) is 0. The van der Waals surface area contributed by atoms with E-state index >= 15 is 0 Å². The number of aliphatic hydroxyl groups excluding tert-OH is 1. The van der Waals surface area contributed by atoms with Crippen LogP contribution in [0.3, 0.4) is 0 Å². The Morgan fingerprint density at radius 2 is 1.36 bits per heavy atom. The summed E-state index contributed by atoms with van der Waals surface area (Å²) >= 11 is 0. The number of urea groups is 1. The lowest BCUT2D eigenvalue weighted by molar-refractivity contribution is -0.128. The Morgan fingerprint density at radius 1 is 0.822 bits per heavy atom. The quantitative estimate of drug-likeness (QED) is 0.186. The third-order valence-electron chi connectivity index (χ3n) is 6.71. The Morgan fingerprint density at radius 3 is 1.89 bits per heavy atom. The van der Waals surface area contributed by atoms with Crippen LogP contribution in [0.15, 0.2) is 91.0 Å². The Kier molecular flexibility index (Phi) is 12.9. The fourth-order valence-electron chi connectivity index (χ4n) is 4.53. The third-order valence-corrected chi connectivity index (χ3v) is 6.71. The van der Waals surface area contributed by atoms with E-state index in [2.05, 4.69) is 16.0 Å². The van der Waals surface area contributed by atoms with E-state index < -0.39 is 48.1 Å². The number of carbonyl (C=O) groups excluding carboxylic acids is 4. The zero-order valence-corrected chi connectivity index (χ0v) is 25.9. The molecule has 0 aromatic heterocycles. The van der Waals surface area contributed by atoms with Crippen LogP contribution >= 0.6 is 0 Å². The number of hydrogen-bond acceptors (Lipinski definition) is 6. The van der Waals surface area contributed by atoms with Crippen molar-refractivity contribution in [3.05, 3.63) is 108 Å². The van der Waals surface area contributed by atoms with Crippen molar-refractivity contribution in [3.8, 4) is 0 Å². The number of nitrogens with one attached hydrogen (secondary N) is 3. The topological polar surface area (TPSA) is 163 Å². The van der Waals surface area contributed by atoms with Gasteiger partial charge in [-0.2, -0.15) is 0 Å². The van der Waals surface area contributed by atoms with Gasteiger partial charge in [0.15, 0.2) is 0 Å². The van der Waals surface area contributed by atoms with Crippen LogP contribution in [0, 0.1) is 0 Å². The third kappa shape index (κ3) is 12.7. The van der Waals surface area contributed by atoms with Gasteiger partial charge < -0.3 is 36.4 Å². The summed E-state index contributed by atoms with van der Waals surface area (Å²) in [6.07, 6.45) is -2.43. The van der Waals surface area contributed by atoms with Crippen molar-refractivity contribution in [2.45, 2.75) is 70.5 Å². The smallest absolute Gasteiger partial charge is 0.408 e. The lowest BCUT2D eigenvalue weighted by Gasteiger charge is -2.33. The van der Waals surface area contributed by atoms with Gasteiger partial charge in [0, 0.05) is 12.1 Å². The van der Waals surface area contributed by atoms with Crippen LogP contribution in [0.5, 0.6) is 0 Å². The lowest BCUT2D eigenvalue weighted by atomic mass is 9.99. The fraction of sp³-hybridized carbons (Fsp3) is 0.353. The first kappa shape index (κ1) is 34.6. The number of amides is 5. The molecule has 3 atom stereocenters. The van der Waals surface area contributed by atoms with Crippen LogP contribution in [0.25, 0.3) is 0 Å². The highest BCUT2D eigenvalue weighted by molar-refractivity contribution is 5.90. The molecule has 0 spiro atoms. The number of ether oxygens (including phenoxy) is 1. The molecule has 0 fully saturated rings. The predicted molar refractivity (Wildman–Crippen MR) is 171 cm³/mol. The van der Waals surface area contributed by atoms with Crippen molar-refractivity contribution in [1.82, 2.24) is 20.9 Å². The molecular weight excluding hydrogens is 574 g/mol. The van der Waals surface area contributed by atoms with Crippen LogP contribution in [-0.4, -0.2) is 64.2 Å². The molecule has 0 aliphatic heterocycles. The van der Waals surface area contributed by atoms with Crippen molar-refractivity contribution in [2.24, 2.45) is 5.73 Å². The molecular formula is C34H43N5O6. The van der Waals surface area contributed by atoms with Crippen molar-refractivity contribution in [2.75, 3.05) is 6.54 Å². The van der Waals surface area contributed by atoms with E-state index in [1.54, 1.807) is 24.3 Å². The number of nitrogens with two attached hydrogens (primary N) is 1. The second-order valence-corrected chi connectivity index (χ2v) is 11.8.